The molecule has 1 fully saturated rings. The maximum absolute atomic E-state index is 14.2. The topological polar surface area (TPSA) is 21.3 Å². The van der Waals surface area contributed by atoms with Gasteiger partial charge in [-0.05, 0) is 49.6 Å². The van der Waals surface area contributed by atoms with E-state index in [1.807, 2.05) is 25.1 Å². The largest absolute Gasteiger partial charge is 0.497 e. The van der Waals surface area contributed by atoms with E-state index in [-0.39, 0.29) is 6.04 Å². The Balaban J connectivity index is 2.19. The molecular formula is C13H18FNO. The number of aryl methyl sites for hydroxylation is 1. The molecule has 0 aliphatic carbocycles. The van der Waals surface area contributed by atoms with Gasteiger partial charge in [-0.25, -0.2) is 4.39 Å². The van der Waals surface area contributed by atoms with Gasteiger partial charge in [0.05, 0.1) is 7.11 Å². The molecule has 1 aromatic rings. The van der Waals surface area contributed by atoms with Crippen molar-refractivity contribution in [1.29, 1.82) is 0 Å². The summed E-state index contributed by atoms with van der Waals surface area (Å²) in [6, 6.07) is 5.52. The van der Waals surface area contributed by atoms with Crippen LogP contribution in [-0.2, 0) is 0 Å². The average molecular weight is 223 g/mol. The van der Waals surface area contributed by atoms with E-state index in [4.69, 9.17) is 4.74 Å². The molecule has 0 aromatic heterocycles. The monoisotopic (exact) mass is 223 g/mol. The van der Waals surface area contributed by atoms with Crippen molar-refractivity contribution in [2.24, 2.45) is 0 Å². The number of hydrogen-bond donors (Lipinski definition) is 1. The molecule has 1 saturated heterocycles. The van der Waals surface area contributed by atoms with Crippen LogP contribution in [0, 0.1) is 6.92 Å². The zero-order valence-electron chi connectivity index (χ0n) is 9.79. The highest BCUT2D eigenvalue weighted by atomic mass is 19.1. The van der Waals surface area contributed by atoms with Crippen molar-refractivity contribution >= 4 is 0 Å². The maximum atomic E-state index is 14.2. The van der Waals surface area contributed by atoms with Crippen LogP contribution in [0.3, 0.4) is 0 Å². The van der Waals surface area contributed by atoms with Crippen LogP contribution in [0.15, 0.2) is 18.2 Å². The Morgan fingerprint density at radius 1 is 1.50 bits per heavy atom. The van der Waals surface area contributed by atoms with E-state index in [1.165, 1.54) is 0 Å². The van der Waals surface area contributed by atoms with Crippen LogP contribution >= 0.6 is 0 Å². The predicted molar refractivity (Wildman–Crippen MR) is 62.6 cm³/mol. The number of nitrogens with one attached hydrogen (secondary N) is 1. The van der Waals surface area contributed by atoms with Crippen molar-refractivity contribution in [3.05, 3.63) is 29.3 Å². The minimum Gasteiger partial charge on any atom is -0.497 e. The number of ether oxygens (including phenoxy) is 1. The van der Waals surface area contributed by atoms with E-state index in [0.29, 0.717) is 0 Å². The fourth-order valence-corrected chi connectivity index (χ4v) is 2.26. The van der Waals surface area contributed by atoms with Gasteiger partial charge in [-0.1, -0.05) is 6.07 Å². The van der Waals surface area contributed by atoms with Gasteiger partial charge in [0.15, 0.2) is 0 Å². The summed E-state index contributed by atoms with van der Waals surface area (Å²) in [5, 5.41) is 3.20. The first-order chi connectivity index (χ1) is 7.72. The Morgan fingerprint density at radius 2 is 2.31 bits per heavy atom. The summed E-state index contributed by atoms with van der Waals surface area (Å²) >= 11 is 0. The van der Waals surface area contributed by atoms with Crippen LogP contribution in [-0.4, -0.2) is 19.7 Å². The summed E-state index contributed by atoms with van der Waals surface area (Å²) in [6.45, 7) is 2.86. The number of halogens is 1. The molecule has 0 bridgehead atoms. The second kappa shape index (κ2) is 4.83. The molecule has 2 unspecified atom stereocenters. The van der Waals surface area contributed by atoms with Crippen molar-refractivity contribution in [2.75, 3.05) is 13.7 Å². The molecule has 0 radical (unpaired) electrons. The van der Waals surface area contributed by atoms with Gasteiger partial charge in [-0.2, -0.15) is 0 Å². The fourth-order valence-electron chi connectivity index (χ4n) is 2.26. The third kappa shape index (κ3) is 2.19. The molecule has 0 saturated carbocycles. The first kappa shape index (κ1) is 11.4. The highest BCUT2D eigenvalue weighted by Gasteiger charge is 2.26. The lowest BCUT2D eigenvalue weighted by Crippen LogP contribution is -2.26. The van der Waals surface area contributed by atoms with E-state index in [2.05, 4.69) is 5.32 Å². The van der Waals surface area contributed by atoms with E-state index in [1.54, 1.807) is 7.11 Å². The van der Waals surface area contributed by atoms with E-state index >= 15 is 0 Å². The zero-order valence-corrected chi connectivity index (χ0v) is 9.79. The predicted octanol–water partition coefficient (Wildman–Crippen LogP) is 2.77. The third-order valence-electron chi connectivity index (χ3n) is 3.23. The molecule has 88 valence electrons. The summed E-state index contributed by atoms with van der Waals surface area (Å²) in [5.41, 5.74) is 1.74. The zero-order chi connectivity index (χ0) is 11.5. The normalized spacial score (nSPS) is 22.1. The fraction of sp³-hybridized carbons (Fsp3) is 0.538. The van der Waals surface area contributed by atoms with E-state index in [9.17, 15) is 4.39 Å². The van der Waals surface area contributed by atoms with Crippen LogP contribution in [0.25, 0.3) is 0 Å². The lowest BCUT2D eigenvalue weighted by Gasteiger charge is -2.18. The maximum Gasteiger partial charge on any atom is 0.141 e. The van der Waals surface area contributed by atoms with Gasteiger partial charge >= 0.3 is 0 Å². The van der Waals surface area contributed by atoms with Crippen LogP contribution in [0.5, 0.6) is 5.75 Å². The van der Waals surface area contributed by atoms with Gasteiger partial charge in [-0.3, -0.25) is 0 Å². The van der Waals surface area contributed by atoms with E-state index < -0.39 is 6.17 Å². The molecule has 0 amide bonds. The van der Waals surface area contributed by atoms with Crippen LogP contribution in [0.4, 0.5) is 4.39 Å². The number of methoxy groups -OCH3 is 1. The molecular weight excluding hydrogens is 205 g/mol. The Hall–Kier alpha value is -1.09. The third-order valence-corrected chi connectivity index (χ3v) is 3.23. The van der Waals surface area contributed by atoms with Crippen molar-refractivity contribution < 1.29 is 9.13 Å². The molecule has 1 aliphatic rings. The number of alkyl halides is 1. The first-order valence-corrected chi connectivity index (χ1v) is 5.74. The highest BCUT2D eigenvalue weighted by molar-refractivity contribution is 5.36. The van der Waals surface area contributed by atoms with Crippen LogP contribution in [0.1, 0.15) is 30.1 Å². The van der Waals surface area contributed by atoms with Crippen molar-refractivity contribution in [3.8, 4) is 5.75 Å². The summed E-state index contributed by atoms with van der Waals surface area (Å²) in [4.78, 5) is 0. The van der Waals surface area contributed by atoms with Gasteiger partial charge in [0.2, 0.25) is 0 Å². The minimum absolute atomic E-state index is 0.0212. The molecule has 1 aliphatic heterocycles. The van der Waals surface area contributed by atoms with Gasteiger partial charge in [0.1, 0.15) is 11.9 Å². The Morgan fingerprint density at radius 3 is 2.88 bits per heavy atom. The van der Waals surface area contributed by atoms with Crippen molar-refractivity contribution in [1.82, 2.24) is 5.32 Å². The first-order valence-electron chi connectivity index (χ1n) is 5.74. The van der Waals surface area contributed by atoms with Crippen LogP contribution < -0.4 is 10.1 Å². The van der Waals surface area contributed by atoms with Crippen LogP contribution in [0.2, 0.25) is 0 Å². The summed E-state index contributed by atoms with van der Waals surface area (Å²) < 4.78 is 19.4. The van der Waals surface area contributed by atoms with Gasteiger partial charge in [0.25, 0.3) is 0 Å². The molecule has 2 rings (SSSR count). The molecule has 0 spiro atoms. The number of benzene rings is 1. The second-order valence-electron chi connectivity index (χ2n) is 4.33. The number of hydrogen-bond acceptors (Lipinski definition) is 2. The number of rotatable bonds is 3. The standard InChI is InChI=1S/C13H18FNO/c1-9-8-10(16-2)5-6-11(9)13(14)12-4-3-7-15-12/h5-6,8,12-13,15H,3-4,7H2,1-2H3. The highest BCUT2D eigenvalue weighted by Crippen LogP contribution is 2.30. The Kier molecular flexibility index (Phi) is 3.44. The molecule has 2 nitrogen and oxygen atoms in total. The van der Waals surface area contributed by atoms with E-state index in [0.717, 1.165) is 36.3 Å². The van der Waals surface area contributed by atoms with Crippen molar-refractivity contribution in [2.45, 2.75) is 32.0 Å². The molecule has 1 aromatic carbocycles. The lowest BCUT2D eigenvalue weighted by molar-refractivity contribution is 0.270. The second-order valence-corrected chi connectivity index (χ2v) is 4.33. The quantitative estimate of drug-likeness (QED) is 0.850. The smallest absolute Gasteiger partial charge is 0.141 e. The lowest BCUT2D eigenvalue weighted by atomic mass is 9.98. The van der Waals surface area contributed by atoms with Gasteiger partial charge < -0.3 is 10.1 Å². The van der Waals surface area contributed by atoms with Gasteiger partial charge in [0, 0.05) is 6.04 Å². The summed E-state index contributed by atoms with van der Waals surface area (Å²) in [6.07, 6.45) is 1.08. The molecule has 3 heteroatoms. The Labute approximate surface area is 95.8 Å². The average Bonchev–Trinajstić information content (AvgIpc) is 2.81. The molecule has 16 heavy (non-hydrogen) atoms. The summed E-state index contributed by atoms with van der Waals surface area (Å²) in [5.74, 6) is 0.785. The molecule has 1 N–H and O–H groups in total. The summed E-state index contributed by atoms with van der Waals surface area (Å²) in [7, 11) is 1.62. The molecule has 2 atom stereocenters. The molecule has 1 heterocycles. The van der Waals surface area contributed by atoms with Crippen molar-refractivity contribution in [3.63, 3.8) is 0 Å². The van der Waals surface area contributed by atoms with Gasteiger partial charge in [-0.15, -0.1) is 0 Å². The minimum atomic E-state index is -0.909. The Bertz CT molecular complexity index is 361. The SMILES string of the molecule is COc1ccc(C(F)C2CCCN2)c(C)c1.